The van der Waals surface area contributed by atoms with Crippen LogP contribution < -0.4 is 0 Å². The van der Waals surface area contributed by atoms with Gasteiger partial charge in [0.2, 0.25) is 0 Å². The fourth-order valence-corrected chi connectivity index (χ4v) is 5.14. The van der Waals surface area contributed by atoms with Crippen LogP contribution in [-0.2, 0) is 9.36 Å². The minimum Gasteiger partial charge on any atom is -0.481 e. The van der Waals surface area contributed by atoms with E-state index in [1.54, 1.807) is 21.6 Å². The molecule has 1 rings (SSSR count). The van der Waals surface area contributed by atoms with E-state index in [4.69, 9.17) is 5.11 Å². The summed E-state index contributed by atoms with van der Waals surface area (Å²) in [5, 5.41) is 9.50. The number of hydrogen-bond donors (Lipinski definition) is 2. The van der Waals surface area contributed by atoms with E-state index >= 15 is 0 Å². The van der Waals surface area contributed by atoms with E-state index in [9.17, 15) is 9.36 Å². The molecule has 0 amide bonds. The van der Waals surface area contributed by atoms with E-state index in [0.717, 1.165) is 10.8 Å². The van der Waals surface area contributed by atoms with Crippen LogP contribution in [0.15, 0.2) is 23.4 Å². The fraction of sp³-hybridized carbons (Fsp3) is 0.444. The predicted molar refractivity (Wildman–Crippen MR) is 70.1 cm³/mol. The average Bonchev–Trinajstić information content (AvgIpc) is 2.74. The van der Waals surface area contributed by atoms with Crippen LogP contribution >= 0.6 is 29.4 Å². The van der Waals surface area contributed by atoms with Gasteiger partial charge in [-0.15, -0.1) is 0 Å². The van der Waals surface area contributed by atoms with Gasteiger partial charge in [-0.25, -0.2) is 0 Å². The summed E-state index contributed by atoms with van der Waals surface area (Å²) in [6.07, 6.45) is 2.83. The maximum Gasteiger partial charge on any atom is 0.303 e. The van der Waals surface area contributed by atoms with Gasteiger partial charge in [0.05, 0.1) is 19.2 Å². The molecule has 1 aromatic rings. The van der Waals surface area contributed by atoms with Crippen molar-refractivity contribution >= 4 is 35.4 Å². The minimum absolute atomic E-state index is 0.0201. The van der Waals surface area contributed by atoms with E-state index in [-0.39, 0.29) is 6.42 Å². The van der Waals surface area contributed by atoms with Crippen molar-refractivity contribution in [2.45, 2.75) is 11.4 Å². The number of carboxylic acids is 1. The molecule has 2 N–H and O–H groups in total. The molecule has 0 aromatic carbocycles. The molecule has 0 aliphatic rings. The normalized spacial score (nSPS) is 12.5. The number of H-pyrrole nitrogens is 1. The Bertz CT molecular complexity index is 343. The second kappa shape index (κ2) is 7.87. The Kier molecular flexibility index (Phi) is 6.76. The molecule has 0 saturated heterocycles. The van der Waals surface area contributed by atoms with Gasteiger partial charge in [0, 0.05) is 24.3 Å². The summed E-state index contributed by atoms with van der Waals surface area (Å²) in [4.78, 5) is 13.3. The Balaban J connectivity index is 2.02. The van der Waals surface area contributed by atoms with Crippen molar-refractivity contribution in [3.8, 4) is 0 Å². The lowest BCUT2D eigenvalue weighted by molar-refractivity contribution is -0.136. The average molecular weight is 279 g/mol. The largest absolute Gasteiger partial charge is 0.481 e. The molecule has 0 radical (unpaired) electrons. The lowest BCUT2D eigenvalue weighted by Crippen LogP contribution is -1.97. The lowest BCUT2D eigenvalue weighted by atomic mass is 10.5. The zero-order valence-corrected chi connectivity index (χ0v) is 11.3. The first-order valence-electron chi connectivity index (χ1n) is 4.85. The molecular formula is C9H14NO3PS2. The molecule has 0 aliphatic carbocycles. The zero-order chi connectivity index (χ0) is 11.8. The van der Waals surface area contributed by atoms with Crippen LogP contribution in [0.1, 0.15) is 6.42 Å². The van der Waals surface area contributed by atoms with Crippen molar-refractivity contribution in [3.63, 3.8) is 0 Å². The number of rotatable bonds is 8. The molecule has 7 heteroatoms. The molecule has 0 saturated carbocycles. The Morgan fingerprint density at radius 1 is 1.50 bits per heavy atom. The highest BCUT2D eigenvalue weighted by atomic mass is 33.1. The van der Waals surface area contributed by atoms with Crippen LogP contribution in [-0.4, -0.2) is 34.1 Å². The molecule has 16 heavy (non-hydrogen) atoms. The Labute approximate surface area is 103 Å². The molecule has 1 aromatic heterocycles. The SMILES string of the molecule is O=C(O)CC[PH](=O)CCSSc1ccc[nH]1. The van der Waals surface area contributed by atoms with Crippen molar-refractivity contribution in [1.82, 2.24) is 4.98 Å². The van der Waals surface area contributed by atoms with Gasteiger partial charge >= 0.3 is 5.97 Å². The lowest BCUT2D eigenvalue weighted by Gasteiger charge is -1.99. The van der Waals surface area contributed by atoms with Gasteiger partial charge in [0.15, 0.2) is 0 Å². The fourth-order valence-electron chi connectivity index (χ4n) is 0.998. The third-order valence-electron chi connectivity index (χ3n) is 1.80. The summed E-state index contributed by atoms with van der Waals surface area (Å²) >= 11 is 0. The van der Waals surface area contributed by atoms with Gasteiger partial charge in [-0.3, -0.25) is 4.79 Å². The molecule has 0 fully saturated rings. The quantitative estimate of drug-likeness (QED) is 0.435. The van der Waals surface area contributed by atoms with Gasteiger partial charge in [-0.05, 0) is 22.9 Å². The number of aromatic nitrogens is 1. The van der Waals surface area contributed by atoms with Crippen LogP contribution in [0.4, 0.5) is 0 Å². The molecule has 0 spiro atoms. The van der Waals surface area contributed by atoms with Crippen LogP contribution in [0.25, 0.3) is 0 Å². The third-order valence-corrected chi connectivity index (χ3v) is 6.09. The summed E-state index contributed by atoms with van der Waals surface area (Å²) in [7, 11) is 1.55. The van der Waals surface area contributed by atoms with Crippen molar-refractivity contribution < 1.29 is 14.5 Å². The zero-order valence-electron chi connectivity index (χ0n) is 8.64. The maximum atomic E-state index is 11.4. The summed E-state index contributed by atoms with van der Waals surface area (Å²) in [5.74, 6) is -0.0760. The Morgan fingerprint density at radius 2 is 2.31 bits per heavy atom. The van der Waals surface area contributed by atoms with Crippen molar-refractivity contribution in [2.75, 3.05) is 18.1 Å². The van der Waals surface area contributed by atoms with Crippen molar-refractivity contribution in [3.05, 3.63) is 18.3 Å². The predicted octanol–water partition coefficient (Wildman–Crippen LogP) is 2.79. The molecule has 1 heterocycles. The van der Waals surface area contributed by atoms with Crippen LogP contribution in [0, 0.1) is 0 Å². The van der Waals surface area contributed by atoms with Crippen LogP contribution in [0.2, 0.25) is 0 Å². The van der Waals surface area contributed by atoms with Crippen molar-refractivity contribution in [1.29, 1.82) is 0 Å². The summed E-state index contributed by atoms with van der Waals surface area (Å²) in [5.41, 5.74) is 0. The van der Waals surface area contributed by atoms with Gasteiger partial charge in [-0.2, -0.15) is 0 Å². The summed E-state index contributed by atoms with van der Waals surface area (Å²) < 4.78 is 11.4. The van der Waals surface area contributed by atoms with E-state index in [1.165, 1.54) is 0 Å². The highest BCUT2D eigenvalue weighted by molar-refractivity contribution is 8.76. The van der Waals surface area contributed by atoms with E-state index < -0.39 is 13.8 Å². The monoisotopic (exact) mass is 279 g/mol. The minimum atomic E-state index is -1.70. The maximum absolute atomic E-state index is 11.4. The number of nitrogens with one attached hydrogen (secondary N) is 1. The first-order chi connectivity index (χ1) is 7.68. The van der Waals surface area contributed by atoms with Crippen molar-refractivity contribution in [2.24, 2.45) is 0 Å². The highest BCUT2D eigenvalue weighted by Gasteiger charge is 2.04. The van der Waals surface area contributed by atoms with Gasteiger partial charge in [0.1, 0.15) is 0 Å². The second-order valence-electron chi connectivity index (χ2n) is 3.12. The number of hydrogen-bond acceptors (Lipinski definition) is 4. The van der Waals surface area contributed by atoms with Crippen LogP contribution in [0.5, 0.6) is 0 Å². The van der Waals surface area contributed by atoms with Gasteiger partial charge < -0.3 is 14.7 Å². The molecule has 90 valence electrons. The van der Waals surface area contributed by atoms with E-state index in [1.807, 2.05) is 18.3 Å². The summed E-state index contributed by atoms with van der Waals surface area (Å²) in [6, 6.07) is 3.91. The van der Waals surface area contributed by atoms with Gasteiger partial charge in [-0.1, -0.05) is 10.8 Å². The number of carbonyl (C=O) groups is 1. The molecule has 4 nitrogen and oxygen atoms in total. The van der Waals surface area contributed by atoms with Crippen LogP contribution in [0.3, 0.4) is 0 Å². The first-order valence-corrected chi connectivity index (χ1v) is 8.99. The number of aliphatic carboxylic acids is 1. The summed E-state index contributed by atoms with van der Waals surface area (Å²) in [6.45, 7) is 0. The standard InChI is InChI=1S/C9H14NO3PS2/c11-9(12)3-5-14(13)6-7-15-16-8-2-1-4-10-8/h1-2,4,10,14H,3,5-7H2,(H,11,12). The highest BCUT2D eigenvalue weighted by Crippen LogP contribution is 2.32. The first kappa shape index (κ1) is 13.7. The number of carboxylic acid groups (broad SMARTS) is 1. The Hall–Kier alpha value is -0.320. The molecule has 0 aliphatic heterocycles. The molecule has 0 bridgehead atoms. The topological polar surface area (TPSA) is 70.2 Å². The number of aromatic amines is 1. The molecule has 1 atom stereocenters. The third kappa shape index (κ3) is 6.30. The Morgan fingerprint density at radius 3 is 2.94 bits per heavy atom. The van der Waals surface area contributed by atoms with E-state index in [2.05, 4.69) is 4.98 Å². The second-order valence-corrected chi connectivity index (χ2v) is 7.66. The molecular weight excluding hydrogens is 265 g/mol. The van der Waals surface area contributed by atoms with E-state index in [0.29, 0.717) is 12.3 Å². The smallest absolute Gasteiger partial charge is 0.303 e. The molecule has 1 unspecified atom stereocenters. The van der Waals surface area contributed by atoms with Gasteiger partial charge in [0.25, 0.3) is 0 Å².